The first-order chi connectivity index (χ1) is 12.9. The van der Waals surface area contributed by atoms with E-state index in [1.165, 1.54) is 13.1 Å². The Balaban J connectivity index is 1.78. The standard InChI is InChI=1S/C20H18ClNO4S/c1-22(13-19(23)26-14-15-7-3-2-4-8-15)27(24,25)18-12-6-10-16-9-5-11-17(21)20(16)18/h2-12H,13-14H2,1H3. The van der Waals surface area contributed by atoms with Crippen LogP contribution < -0.4 is 0 Å². The Kier molecular flexibility index (Phi) is 5.79. The molecule has 7 heteroatoms. The van der Waals surface area contributed by atoms with Crippen molar-refractivity contribution < 1.29 is 17.9 Å². The number of carbonyl (C=O) groups is 1. The molecule has 3 aromatic carbocycles. The summed E-state index contributed by atoms with van der Waals surface area (Å²) in [5, 5.41) is 1.49. The molecule has 27 heavy (non-hydrogen) atoms. The van der Waals surface area contributed by atoms with Crippen molar-refractivity contribution in [3.8, 4) is 0 Å². The molecule has 0 saturated carbocycles. The van der Waals surface area contributed by atoms with Gasteiger partial charge in [0.1, 0.15) is 13.2 Å². The van der Waals surface area contributed by atoms with Crippen LogP contribution in [0.4, 0.5) is 0 Å². The third-order valence-electron chi connectivity index (χ3n) is 4.10. The zero-order chi connectivity index (χ0) is 19.4. The Hall–Kier alpha value is -2.41. The SMILES string of the molecule is CN(CC(=O)OCc1ccccc1)S(=O)(=O)c1cccc2cccc(Cl)c12. The van der Waals surface area contributed by atoms with Gasteiger partial charge in [0.15, 0.2) is 0 Å². The van der Waals surface area contributed by atoms with E-state index >= 15 is 0 Å². The van der Waals surface area contributed by atoms with Gasteiger partial charge in [0.2, 0.25) is 10.0 Å². The maximum Gasteiger partial charge on any atom is 0.321 e. The second-order valence-electron chi connectivity index (χ2n) is 6.00. The van der Waals surface area contributed by atoms with Gasteiger partial charge in [-0.1, -0.05) is 66.2 Å². The lowest BCUT2D eigenvalue weighted by atomic mass is 10.1. The maximum absolute atomic E-state index is 13.0. The Morgan fingerprint density at radius 1 is 1.00 bits per heavy atom. The molecule has 0 saturated heterocycles. The molecule has 0 aromatic heterocycles. The maximum atomic E-state index is 13.0. The quantitative estimate of drug-likeness (QED) is 0.586. The minimum absolute atomic E-state index is 0.0592. The highest BCUT2D eigenvalue weighted by Crippen LogP contribution is 2.31. The number of hydrogen-bond donors (Lipinski definition) is 0. The molecule has 0 radical (unpaired) electrons. The van der Waals surface area contributed by atoms with Crippen molar-refractivity contribution in [3.63, 3.8) is 0 Å². The van der Waals surface area contributed by atoms with E-state index in [2.05, 4.69) is 0 Å². The summed E-state index contributed by atoms with van der Waals surface area (Å²) in [6.07, 6.45) is 0. The monoisotopic (exact) mass is 403 g/mol. The van der Waals surface area contributed by atoms with Crippen LogP contribution in [0.5, 0.6) is 0 Å². The van der Waals surface area contributed by atoms with Crippen LogP contribution in [0, 0.1) is 0 Å². The molecule has 0 atom stereocenters. The topological polar surface area (TPSA) is 63.7 Å². The highest BCUT2D eigenvalue weighted by molar-refractivity contribution is 7.89. The second kappa shape index (κ2) is 8.08. The van der Waals surface area contributed by atoms with Gasteiger partial charge >= 0.3 is 5.97 Å². The zero-order valence-electron chi connectivity index (χ0n) is 14.6. The summed E-state index contributed by atoms with van der Waals surface area (Å²) < 4.78 is 32.1. The predicted octanol–water partition coefficient (Wildman–Crippen LogP) is 3.86. The smallest absolute Gasteiger partial charge is 0.321 e. The summed E-state index contributed by atoms with van der Waals surface area (Å²) in [6.45, 7) is -0.302. The normalized spacial score (nSPS) is 11.7. The zero-order valence-corrected chi connectivity index (χ0v) is 16.2. The fourth-order valence-corrected chi connectivity index (χ4v) is 4.38. The Morgan fingerprint density at radius 2 is 1.67 bits per heavy atom. The molecule has 0 N–H and O–H groups in total. The van der Waals surface area contributed by atoms with Crippen molar-refractivity contribution >= 4 is 38.4 Å². The number of likely N-dealkylation sites (N-methyl/N-ethyl adjacent to an activating group) is 1. The molecule has 0 fully saturated rings. The molecule has 140 valence electrons. The van der Waals surface area contributed by atoms with Crippen LogP contribution in [0.1, 0.15) is 5.56 Å². The fourth-order valence-electron chi connectivity index (χ4n) is 2.70. The van der Waals surface area contributed by atoms with Gasteiger partial charge in [-0.3, -0.25) is 4.79 Å². The van der Waals surface area contributed by atoms with E-state index in [4.69, 9.17) is 16.3 Å². The van der Waals surface area contributed by atoms with Gasteiger partial charge < -0.3 is 4.74 Å². The molecule has 5 nitrogen and oxygen atoms in total. The first kappa shape index (κ1) is 19.4. The minimum Gasteiger partial charge on any atom is -0.460 e. The molecule has 0 aliphatic carbocycles. The Labute approximate surface area is 163 Å². The van der Waals surface area contributed by atoms with E-state index in [1.54, 1.807) is 30.3 Å². The molecule has 0 unspecified atom stereocenters. The lowest BCUT2D eigenvalue weighted by Crippen LogP contribution is -2.33. The first-order valence-corrected chi connectivity index (χ1v) is 10.0. The van der Waals surface area contributed by atoms with Crippen LogP contribution in [0.25, 0.3) is 10.8 Å². The molecule has 0 spiro atoms. The number of rotatable bonds is 6. The van der Waals surface area contributed by atoms with Gasteiger partial charge in [0, 0.05) is 17.5 Å². The second-order valence-corrected chi connectivity index (χ2v) is 8.42. The van der Waals surface area contributed by atoms with E-state index in [0.717, 1.165) is 9.87 Å². The number of benzene rings is 3. The van der Waals surface area contributed by atoms with Crippen LogP contribution in [0.3, 0.4) is 0 Å². The molecule has 0 aliphatic rings. The summed E-state index contributed by atoms with van der Waals surface area (Å²) in [5.41, 5.74) is 0.831. The van der Waals surface area contributed by atoms with E-state index in [0.29, 0.717) is 15.8 Å². The molecular formula is C20H18ClNO4S. The predicted molar refractivity (Wildman–Crippen MR) is 105 cm³/mol. The van der Waals surface area contributed by atoms with Crippen LogP contribution in [-0.2, 0) is 26.2 Å². The molecule has 0 aliphatic heterocycles. The third kappa shape index (κ3) is 4.30. The molecule has 3 rings (SSSR count). The van der Waals surface area contributed by atoms with E-state index in [1.807, 2.05) is 30.3 Å². The van der Waals surface area contributed by atoms with Gasteiger partial charge in [0.05, 0.1) is 4.90 Å². The van der Waals surface area contributed by atoms with E-state index < -0.39 is 22.5 Å². The summed E-state index contributed by atoms with van der Waals surface area (Å²) in [5.74, 6) is -0.628. The number of esters is 1. The van der Waals surface area contributed by atoms with Gasteiger partial charge in [-0.05, 0) is 23.1 Å². The van der Waals surface area contributed by atoms with Crippen LogP contribution in [-0.4, -0.2) is 32.3 Å². The van der Waals surface area contributed by atoms with Crippen molar-refractivity contribution in [1.29, 1.82) is 0 Å². The molecule has 0 bridgehead atoms. The van der Waals surface area contributed by atoms with Gasteiger partial charge in [-0.15, -0.1) is 0 Å². The first-order valence-electron chi connectivity index (χ1n) is 8.23. The van der Waals surface area contributed by atoms with E-state index in [-0.39, 0.29) is 11.5 Å². The molecular weight excluding hydrogens is 386 g/mol. The Morgan fingerprint density at radius 3 is 2.37 bits per heavy atom. The molecule has 0 heterocycles. The summed E-state index contributed by atoms with van der Waals surface area (Å²) in [6, 6.07) is 19.3. The summed E-state index contributed by atoms with van der Waals surface area (Å²) >= 11 is 6.22. The molecule has 0 amide bonds. The highest BCUT2D eigenvalue weighted by Gasteiger charge is 2.26. The number of ether oxygens (including phenoxy) is 1. The van der Waals surface area contributed by atoms with Crippen molar-refractivity contribution in [2.45, 2.75) is 11.5 Å². The highest BCUT2D eigenvalue weighted by atomic mass is 35.5. The average Bonchev–Trinajstić information content (AvgIpc) is 2.67. The van der Waals surface area contributed by atoms with Crippen molar-refractivity contribution in [2.75, 3.05) is 13.6 Å². The number of sulfonamides is 1. The Bertz CT molecular complexity index is 1060. The largest absolute Gasteiger partial charge is 0.460 e. The lowest BCUT2D eigenvalue weighted by Gasteiger charge is -2.18. The van der Waals surface area contributed by atoms with Crippen LogP contribution in [0.15, 0.2) is 71.6 Å². The van der Waals surface area contributed by atoms with Crippen molar-refractivity contribution in [2.24, 2.45) is 0 Å². The number of nitrogens with zero attached hydrogens (tertiary/aromatic N) is 1. The fraction of sp³-hybridized carbons (Fsp3) is 0.150. The van der Waals surface area contributed by atoms with Gasteiger partial charge in [-0.25, -0.2) is 8.42 Å². The van der Waals surface area contributed by atoms with Gasteiger partial charge in [0.25, 0.3) is 0 Å². The lowest BCUT2D eigenvalue weighted by molar-refractivity contribution is -0.144. The van der Waals surface area contributed by atoms with Crippen molar-refractivity contribution in [3.05, 3.63) is 77.3 Å². The summed E-state index contributed by atoms with van der Waals surface area (Å²) in [7, 11) is -2.58. The van der Waals surface area contributed by atoms with Crippen LogP contribution >= 0.6 is 11.6 Å². The third-order valence-corrected chi connectivity index (χ3v) is 6.26. The minimum atomic E-state index is -3.92. The average molecular weight is 404 g/mol. The van der Waals surface area contributed by atoms with Gasteiger partial charge in [-0.2, -0.15) is 4.31 Å². The number of halogens is 1. The summed E-state index contributed by atoms with van der Waals surface area (Å²) in [4.78, 5) is 12.1. The molecule has 3 aromatic rings. The van der Waals surface area contributed by atoms with E-state index in [9.17, 15) is 13.2 Å². The van der Waals surface area contributed by atoms with Crippen molar-refractivity contribution in [1.82, 2.24) is 4.31 Å². The van der Waals surface area contributed by atoms with Crippen LogP contribution in [0.2, 0.25) is 5.02 Å². The number of carbonyl (C=O) groups excluding carboxylic acids is 1. The number of fused-ring (bicyclic) bond motifs is 1. The number of hydrogen-bond acceptors (Lipinski definition) is 4.